The Labute approximate surface area is 129 Å². The lowest BCUT2D eigenvalue weighted by Gasteiger charge is -2.56. The Morgan fingerprint density at radius 2 is 1.71 bits per heavy atom. The molecule has 4 bridgehead atoms. The quantitative estimate of drug-likeness (QED) is 0.440. The molecule has 0 atom stereocenters. The predicted octanol–water partition coefficient (Wildman–Crippen LogP) is 4.19. The van der Waals surface area contributed by atoms with Crippen LogP contribution in [0.15, 0.2) is 0 Å². The van der Waals surface area contributed by atoms with Gasteiger partial charge in [0.05, 0.1) is 6.42 Å². The van der Waals surface area contributed by atoms with E-state index in [1.807, 2.05) is 0 Å². The minimum absolute atomic E-state index is 0.0169. The van der Waals surface area contributed by atoms with E-state index in [9.17, 15) is 4.79 Å². The van der Waals surface area contributed by atoms with Crippen molar-refractivity contribution in [3.05, 3.63) is 0 Å². The zero-order chi connectivity index (χ0) is 14.9. The second kappa shape index (κ2) is 6.03. The van der Waals surface area contributed by atoms with Crippen molar-refractivity contribution >= 4 is 5.97 Å². The van der Waals surface area contributed by atoms with Gasteiger partial charge in [-0.1, -0.05) is 19.8 Å². The molecule has 2 heteroatoms. The van der Waals surface area contributed by atoms with Crippen molar-refractivity contribution in [1.29, 1.82) is 0 Å². The highest BCUT2D eigenvalue weighted by atomic mass is 16.5. The van der Waals surface area contributed by atoms with E-state index < -0.39 is 0 Å². The molecule has 0 aromatic carbocycles. The van der Waals surface area contributed by atoms with E-state index in [-0.39, 0.29) is 5.97 Å². The van der Waals surface area contributed by atoms with Gasteiger partial charge in [-0.25, -0.2) is 0 Å². The molecule has 0 unspecified atom stereocenters. The van der Waals surface area contributed by atoms with Gasteiger partial charge in [-0.3, -0.25) is 4.79 Å². The fraction of sp³-hybridized carbons (Fsp3) is 0.842. The van der Waals surface area contributed by atoms with Crippen LogP contribution in [0, 0.1) is 40.9 Å². The molecule has 0 N–H and O–H groups in total. The SMILES string of the molecule is CC(C)C#CCCOC(=O)CC12CC3CC(CC(C3)C1)C2. The van der Waals surface area contributed by atoms with Crippen molar-refractivity contribution in [3.63, 3.8) is 0 Å². The molecular weight excluding hydrogens is 260 g/mol. The number of carbonyl (C=O) groups is 1. The minimum Gasteiger partial charge on any atom is -0.465 e. The molecule has 0 heterocycles. The van der Waals surface area contributed by atoms with Crippen LogP contribution >= 0.6 is 0 Å². The second-order valence-electron chi connectivity index (χ2n) is 8.04. The Morgan fingerprint density at radius 1 is 1.14 bits per heavy atom. The van der Waals surface area contributed by atoms with Crippen LogP contribution in [0.25, 0.3) is 0 Å². The summed E-state index contributed by atoms with van der Waals surface area (Å²) in [7, 11) is 0. The fourth-order valence-corrected chi connectivity index (χ4v) is 5.36. The van der Waals surface area contributed by atoms with Crippen LogP contribution in [0.2, 0.25) is 0 Å². The average molecular weight is 288 g/mol. The standard InChI is InChI=1S/C19H28O2/c1-14(2)5-3-4-6-21-18(20)13-19-10-15-7-16(11-19)9-17(8-15)12-19/h14-17H,4,6-13H2,1-2H3. The van der Waals surface area contributed by atoms with Crippen LogP contribution in [0.1, 0.15) is 65.2 Å². The molecule has 0 aromatic rings. The maximum Gasteiger partial charge on any atom is 0.306 e. The molecule has 4 rings (SSSR count). The lowest BCUT2D eigenvalue weighted by atomic mass is 9.49. The highest BCUT2D eigenvalue weighted by Gasteiger charge is 2.51. The van der Waals surface area contributed by atoms with Gasteiger partial charge in [-0.2, -0.15) is 0 Å². The van der Waals surface area contributed by atoms with Crippen LogP contribution in [0.3, 0.4) is 0 Å². The van der Waals surface area contributed by atoms with Gasteiger partial charge in [0.2, 0.25) is 0 Å². The van der Waals surface area contributed by atoms with Gasteiger partial charge in [0.15, 0.2) is 0 Å². The zero-order valence-electron chi connectivity index (χ0n) is 13.5. The molecule has 0 spiro atoms. The van der Waals surface area contributed by atoms with Crippen molar-refractivity contribution in [2.45, 2.75) is 65.2 Å². The monoisotopic (exact) mass is 288 g/mol. The topological polar surface area (TPSA) is 26.3 Å². The summed E-state index contributed by atoms with van der Waals surface area (Å²) in [6, 6.07) is 0. The Kier molecular flexibility index (Phi) is 4.29. The molecule has 4 aliphatic rings. The van der Waals surface area contributed by atoms with Gasteiger partial charge >= 0.3 is 5.97 Å². The fourth-order valence-electron chi connectivity index (χ4n) is 5.36. The van der Waals surface area contributed by atoms with Crippen molar-refractivity contribution in [1.82, 2.24) is 0 Å². The number of hydrogen-bond donors (Lipinski definition) is 0. The van der Waals surface area contributed by atoms with E-state index in [0.29, 0.717) is 30.8 Å². The largest absolute Gasteiger partial charge is 0.465 e. The van der Waals surface area contributed by atoms with Crippen LogP contribution < -0.4 is 0 Å². The van der Waals surface area contributed by atoms with Gasteiger partial charge in [-0.15, -0.1) is 5.92 Å². The van der Waals surface area contributed by atoms with Crippen molar-refractivity contribution in [2.75, 3.05) is 6.61 Å². The Morgan fingerprint density at radius 3 is 2.24 bits per heavy atom. The van der Waals surface area contributed by atoms with E-state index in [4.69, 9.17) is 4.74 Å². The predicted molar refractivity (Wildman–Crippen MR) is 83.4 cm³/mol. The highest BCUT2D eigenvalue weighted by molar-refractivity contribution is 5.70. The first-order valence-corrected chi connectivity index (χ1v) is 8.69. The molecule has 0 aromatic heterocycles. The first kappa shape index (κ1) is 14.9. The maximum atomic E-state index is 12.2. The molecule has 0 aliphatic heterocycles. The lowest BCUT2D eigenvalue weighted by molar-refractivity contribution is -0.151. The summed E-state index contributed by atoms with van der Waals surface area (Å²) < 4.78 is 5.42. The smallest absolute Gasteiger partial charge is 0.306 e. The molecule has 116 valence electrons. The number of ether oxygens (including phenoxy) is 1. The third kappa shape index (κ3) is 3.62. The molecule has 4 fully saturated rings. The summed E-state index contributed by atoms with van der Waals surface area (Å²) >= 11 is 0. The summed E-state index contributed by atoms with van der Waals surface area (Å²) in [5.74, 6) is 9.30. The second-order valence-corrected chi connectivity index (χ2v) is 8.04. The van der Waals surface area contributed by atoms with Crippen LogP contribution in [-0.4, -0.2) is 12.6 Å². The van der Waals surface area contributed by atoms with Gasteiger partial charge < -0.3 is 4.74 Å². The van der Waals surface area contributed by atoms with Crippen molar-refractivity contribution < 1.29 is 9.53 Å². The Bertz CT molecular complexity index is 417. The maximum absolute atomic E-state index is 12.2. The first-order chi connectivity index (χ1) is 10.0. The number of esters is 1. The summed E-state index contributed by atoms with van der Waals surface area (Å²) in [6.07, 6.45) is 9.46. The highest BCUT2D eigenvalue weighted by Crippen LogP contribution is 2.61. The van der Waals surface area contributed by atoms with E-state index >= 15 is 0 Å². The van der Waals surface area contributed by atoms with Crippen LogP contribution in [0.5, 0.6) is 0 Å². The summed E-state index contributed by atoms with van der Waals surface area (Å²) in [5.41, 5.74) is 0.301. The molecular formula is C19H28O2. The average Bonchev–Trinajstić information content (AvgIpc) is 2.35. The third-order valence-corrected chi connectivity index (χ3v) is 5.57. The minimum atomic E-state index is 0.0169. The van der Waals surface area contributed by atoms with E-state index in [0.717, 1.165) is 17.8 Å². The van der Waals surface area contributed by atoms with E-state index in [1.165, 1.54) is 38.5 Å². The van der Waals surface area contributed by atoms with Gasteiger partial charge in [0.25, 0.3) is 0 Å². The van der Waals surface area contributed by atoms with Crippen LogP contribution in [0.4, 0.5) is 0 Å². The molecule has 21 heavy (non-hydrogen) atoms. The number of rotatable bonds is 4. The Hall–Kier alpha value is -0.970. The summed E-state index contributed by atoms with van der Waals surface area (Å²) in [4.78, 5) is 12.2. The molecule has 4 saturated carbocycles. The Balaban J connectivity index is 1.46. The molecule has 0 amide bonds. The van der Waals surface area contributed by atoms with Gasteiger partial charge in [0.1, 0.15) is 6.61 Å². The molecule has 2 nitrogen and oxygen atoms in total. The van der Waals surface area contributed by atoms with E-state index in [2.05, 4.69) is 25.7 Å². The normalized spacial score (nSPS) is 36.4. The summed E-state index contributed by atoms with van der Waals surface area (Å²) in [5, 5.41) is 0. The third-order valence-electron chi connectivity index (χ3n) is 5.57. The number of carbonyl (C=O) groups excluding carboxylic acids is 1. The van der Waals surface area contributed by atoms with Crippen molar-refractivity contribution in [3.8, 4) is 11.8 Å². The lowest BCUT2D eigenvalue weighted by Crippen LogP contribution is -2.47. The van der Waals surface area contributed by atoms with Crippen molar-refractivity contribution in [2.24, 2.45) is 29.1 Å². The zero-order valence-corrected chi connectivity index (χ0v) is 13.5. The molecule has 4 aliphatic carbocycles. The first-order valence-electron chi connectivity index (χ1n) is 8.69. The summed E-state index contributed by atoms with van der Waals surface area (Å²) in [6.45, 7) is 4.61. The molecule has 0 radical (unpaired) electrons. The van der Waals surface area contributed by atoms with Gasteiger partial charge in [0, 0.05) is 12.3 Å². The number of hydrogen-bond acceptors (Lipinski definition) is 2. The molecule has 0 saturated heterocycles. The van der Waals surface area contributed by atoms with Gasteiger partial charge in [-0.05, 0) is 61.7 Å². The van der Waals surface area contributed by atoms with Crippen LogP contribution in [-0.2, 0) is 9.53 Å². The van der Waals surface area contributed by atoms with E-state index in [1.54, 1.807) is 0 Å².